The molecule has 4 unspecified atom stereocenters. The summed E-state index contributed by atoms with van der Waals surface area (Å²) in [5.74, 6) is -4.42. The van der Waals surface area contributed by atoms with E-state index in [2.05, 4.69) is 5.32 Å². The second-order valence-corrected chi connectivity index (χ2v) is 9.79. The van der Waals surface area contributed by atoms with Crippen molar-refractivity contribution >= 4 is 46.8 Å². The monoisotopic (exact) mass is 537 g/mol. The van der Waals surface area contributed by atoms with Crippen molar-refractivity contribution in [3.05, 3.63) is 101 Å². The van der Waals surface area contributed by atoms with Crippen molar-refractivity contribution in [2.45, 2.75) is 18.3 Å². The van der Waals surface area contributed by atoms with Gasteiger partial charge in [0.05, 0.1) is 29.1 Å². The molecule has 4 atom stereocenters. The first-order chi connectivity index (χ1) is 18.2. The third-order valence-corrected chi connectivity index (χ3v) is 7.54. The number of nitrogens with one attached hydrogen (secondary N) is 1. The summed E-state index contributed by atoms with van der Waals surface area (Å²) in [6, 6.07) is 16.3. The van der Waals surface area contributed by atoms with Crippen LogP contribution in [0, 0.1) is 11.8 Å². The Bertz CT molecular complexity index is 1500. The minimum Gasteiger partial charge on any atom is -0.357 e. The van der Waals surface area contributed by atoms with Gasteiger partial charge in [-0.2, -0.15) is 13.2 Å². The lowest BCUT2D eigenvalue weighted by atomic mass is 9.84. The number of carbonyl (C=O) groups excluding carboxylic acids is 3. The normalized spacial score (nSPS) is 23.8. The van der Waals surface area contributed by atoms with Crippen LogP contribution < -0.4 is 10.2 Å². The van der Waals surface area contributed by atoms with Crippen LogP contribution in [0.1, 0.15) is 22.7 Å². The summed E-state index contributed by atoms with van der Waals surface area (Å²) < 4.78 is 41.5. The van der Waals surface area contributed by atoms with E-state index in [0.717, 1.165) is 23.3 Å². The van der Waals surface area contributed by atoms with Gasteiger partial charge in [-0.1, -0.05) is 48.0 Å². The average molecular weight is 538 g/mol. The Hall–Kier alpha value is -4.11. The number of nitrogens with zero attached hydrogens (tertiary/aromatic N) is 2. The third-order valence-electron chi connectivity index (χ3n) is 7.29. The highest BCUT2D eigenvalue weighted by molar-refractivity contribution is 6.30. The first kappa shape index (κ1) is 24.2. The molecular formula is C28H19ClF3N3O3. The second-order valence-electron chi connectivity index (χ2n) is 9.36. The molecule has 0 bridgehead atoms. The van der Waals surface area contributed by atoms with Crippen LogP contribution in [0.2, 0.25) is 5.02 Å². The summed E-state index contributed by atoms with van der Waals surface area (Å²) in [4.78, 5) is 43.6. The summed E-state index contributed by atoms with van der Waals surface area (Å²) in [6.07, 6.45) is -1.32. The number of carbonyl (C=O) groups is 3. The van der Waals surface area contributed by atoms with Crippen molar-refractivity contribution < 1.29 is 27.6 Å². The van der Waals surface area contributed by atoms with Gasteiger partial charge in [-0.15, -0.1) is 0 Å². The molecule has 6 nitrogen and oxygen atoms in total. The van der Waals surface area contributed by atoms with Gasteiger partial charge in [-0.05, 0) is 53.6 Å². The van der Waals surface area contributed by atoms with E-state index in [4.69, 9.17) is 11.6 Å². The molecule has 3 aliphatic rings. The number of rotatable bonds is 3. The molecule has 0 aromatic heterocycles. The van der Waals surface area contributed by atoms with Gasteiger partial charge in [0.25, 0.3) is 0 Å². The zero-order valence-corrected chi connectivity index (χ0v) is 20.3. The average Bonchev–Trinajstić information content (AvgIpc) is 3.37. The molecule has 3 aromatic carbocycles. The zero-order chi connectivity index (χ0) is 26.8. The van der Waals surface area contributed by atoms with Crippen LogP contribution >= 0.6 is 11.6 Å². The Kier molecular flexibility index (Phi) is 5.57. The molecule has 3 aromatic rings. The molecular weight excluding hydrogens is 519 g/mol. The lowest BCUT2D eigenvalue weighted by Crippen LogP contribution is -2.46. The van der Waals surface area contributed by atoms with Crippen molar-refractivity contribution in [3.8, 4) is 0 Å². The number of anilines is 2. The Morgan fingerprint density at radius 2 is 1.53 bits per heavy atom. The van der Waals surface area contributed by atoms with E-state index in [0.29, 0.717) is 15.6 Å². The molecule has 6 rings (SSSR count). The number of hydrogen-bond acceptors (Lipinski definition) is 4. The Labute approximate surface area is 220 Å². The number of hydrogen-bond donors (Lipinski definition) is 1. The summed E-state index contributed by atoms with van der Waals surface area (Å²) in [7, 11) is 0. The van der Waals surface area contributed by atoms with Gasteiger partial charge in [0.1, 0.15) is 6.04 Å². The molecule has 38 heavy (non-hydrogen) atoms. The maximum absolute atomic E-state index is 13.8. The summed E-state index contributed by atoms with van der Waals surface area (Å²) in [6.45, 7) is 0. The number of imide groups is 1. The van der Waals surface area contributed by atoms with Gasteiger partial charge >= 0.3 is 6.18 Å². The smallest absolute Gasteiger partial charge is 0.357 e. The molecule has 10 heteroatoms. The van der Waals surface area contributed by atoms with E-state index < -0.39 is 59.1 Å². The fourth-order valence-electron chi connectivity index (χ4n) is 5.75. The van der Waals surface area contributed by atoms with Crippen LogP contribution in [-0.4, -0.2) is 28.7 Å². The first-order valence-corrected chi connectivity index (χ1v) is 12.2. The largest absolute Gasteiger partial charge is 0.418 e. The highest BCUT2D eigenvalue weighted by atomic mass is 35.5. The Morgan fingerprint density at radius 1 is 0.868 bits per heavy atom. The molecule has 3 aliphatic heterocycles. The predicted octanol–water partition coefficient (Wildman–Crippen LogP) is 5.51. The first-order valence-electron chi connectivity index (χ1n) is 11.8. The lowest BCUT2D eigenvalue weighted by molar-refractivity contribution is -0.137. The molecule has 192 valence electrons. The van der Waals surface area contributed by atoms with E-state index >= 15 is 0 Å². The van der Waals surface area contributed by atoms with Gasteiger partial charge in [0, 0.05) is 16.9 Å². The third kappa shape index (κ3) is 3.68. The van der Waals surface area contributed by atoms with Gasteiger partial charge in [-0.3, -0.25) is 14.4 Å². The van der Waals surface area contributed by atoms with Gasteiger partial charge in [0.2, 0.25) is 17.7 Å². The van der Waals surface area contributed by atoms with Gasteiger partial charge in [-0.25, -0.2) is 4.90 Å². The molecule has 0 spiro atoms. The number of alkyl halides is 3. The van der Waals surface area contributed by atoms with E-state index in [1.54, 1.807) is 53.6 Å². The van der Waals surface area contributed by atoms with Gasteiger partial charge in [0.15, 0.2) is 0 Å². The van der Waals surface area contributed by atoms with Crippen LogP contribution in [0.15, 0.2) is 79.0 Å². The standard InChI is InChI=1S/C28H19ClF3N3O3/c29-16-9-11-17(12-10-16)33-25(36)24-22-21(23-18-6-2-1-5-15(18)13-14-34(23)24)26(37)35(27(22)38)20-8-4-3-7-19(20)28(30,31)32/h1-14,21-24H,(H,33,36). The number of para-hydroxylation sites is 1. The number of amides is 3. The molecule has 0 radical (unpaired) electrons. The maximum Gasteiger partial charge on any atom is 0.418 e. The SMILES string of the molecule is O=C(Nc1ccc(Cl)cc1)C1C2C(=O)N(c3ccccc3C(F)(F)F)C(=O)C2C2c3ccccc3C=CN12. The maximum atomic E-state index is 13.8. The van der Waals surface area contributed by atoms with Crippen LogP contribution in [-0.2, 0) is 20.6 Å². The molecule has 2 fully saturated rings. The van der Waals surface area contributed by atoms with Crippen molar-refractivity contribution in [2.24, 2.45) is 11.8 Å². The lowest BCUT2D eigenvalue weighted by Gasteiger charge is -2.35. The quantitative estimate of drug-likeness (QED) is 0.447. The van der Waals surface area contributed by atoms with Crippen molar-refractivity contribution in [1.82, 2.24) is 4.90 Å². The van der Waals surface area contributed by atoms with E-state index in [9.17, 15) is 27.6 Å². The Morgan fingerprint density at radius 3 is 2.26 bits per heavy atom. The summed E-state index contributed by atoms with van der Waals surface area (Å²) in [5.41, 5.74) is 0.327. The van der Waals surface area contributed by atoms with Crippen LogP contribution in [0.4, 0.5) is 24.5 Å². The highest BCUT2D eigenvalue weighted by Crippen LogP contribution is 2.54. The van der Waals surface area contributed by atoms with E-state index in [1.165, 1.54) is 12.1 Å². The molecule has 2 saturated heterocycles. The Balaban J connectivity index is 1.46. The minimum absolute atomic E-state index is 0.428. The van der Waals surface area contributed by atoms with E-state index in [-0.39, 0.29) is 0 Å². The second kappa shape index (κ2) is 8.73. The molecule has 1 N–H and O–H groups in total. The number of benzene rings is 3. The summed E-state index contributed by atoms with van der Waals surface area (Å²) in [5, 5.41) is 3.24. The minimum atomic E-state index is -4.79. The molecule has 3 amide bonds. The van der Waals surface area contributed by atoms with Gasteiger partial charge < -0.3 is 10.2 Å². The molecule has 3 heterocycles. The van der Waals surface area contributed by atoms with Crippen molar-refractivity contribution in [2.75, 3.05) is 10.2 Å². The van der Waals surface area contributed by atoms with E-state index in [1.807, 2.05) is 12.1 Å². The highest BCUT2D eigenvalue weighted by Gasteiger charge is 2.65. The fraction of sp³-hybridized carbons (Fsp3) is 0.179. The number of halogens is 4. The van der Waals surface area contributed by atoms with Crippen molar-refractivity contribution in [3.63, 3.8) is 0 Å². The summed E-state index contributed by atoms with van der Waals surface area (Å²) >= 11 is 5.94. The topological polar surface area (TPSA) is 69.7 Å². The number of fused-ring (bicyclic) bond motifs is 5. The fourth-order valence-corrected chi connectivity index (χ4v) is 5.88. The molecule has 0 aliphatic carbocycles. The van der Waals surface area contributed by atoms with Crippen LogP contribution in [0.5, 0.6) is 0 Å². The van der Waals surface area contributed by atoms with Crippen LogP contribution in [0.3, 0.4) is 0 Å². The van der Waals surface area contributed by atoms with Crippen molar-refractivity contribution in [1.29, 1.82) is 0 Å². The predicted molar refractivity (Wildman–Crippen MR) is 135 cm³/mol. The molecule has 0 saturated carbocycles. The van der Waals surface area contributed by atoms with Crippen LogP contribution in [0.25, 0.3) is 6.08 Å². The zero-order valence-electron chi connectivity index (χ0n) is 19.5.